The van der Waals surface area contributed by atoms with Crippen molar-refractivity contribution >= 4 is 12.1 Å². The lowest BCUT2D eigenvalue weighted by Crippen LogP contribution is -2.50. The summed E-state index contributed by atoms with van der Waals surface area (Å²) < 4.78 is 14.7. The van der Waals surface area contributed by atoms with Crippen LogP contribution in [0.2, 0.25) is 0 Å². The van der Waals surface area contributed by atoms with Crippen molar-refractivity contribution in [3.8, 4) is 0 Å². The molecule has 0 spiro atoms. The Balaban J connectivity index is 2.10. The first-order valence-corrected chi connectivity index (χ1v) is 5.64. The van der Waals surface area contributed by atoms with Gasteiger partial charge < -0.3 is 19.5 Å². The fourth-order valence-corrected chi connectivity index (χ4v) is 2.62. The number of hydrogen-bond acceptors (Lipinski definition) is 5. The van der Waals surface area contributed by atoms with Crippen LogP contribution in [0.5, 0.6) is 0 Å². The molecule has 0 radical (unpaired) electrons. The summed E-state index contributed by atoms with van der Waals surface area (Å²) >= 11 is 0. The lowest BCUT2D eigenvalue weighted by Gasteiger charge is -2.29. The van der Waals surface area contributed by atoms with Crippen LogP contribution in [0.1, 0.15) is 12.8 Å². The van der Waals surface area contributed by atoms with Crippen molar-refractivity contribution in [1.82, 2.24) is 5.32 Å². The number of esters is 1. The van der Waals surface area contributed by atoms with Gasteiger partial charge in [-0.2, -0.15) is 0 Å². The number of fused-ring (bicyclic) bond motifs is 1. The molecule has 1 amide bonds. The van der Waals surface area contributed by atoms with Crippen LogP contribution in [0.25, 0.3) is 0 Å². The van der Waals surface area contributed by atoms with E-state index in [0.29, 0.717) is 12.5 Å². The molecule has 3 atom stereocenters. The zero-order chi connectivity index (χ0) is 12.5. The molecule has 1 aliphatic heterocycles. The molecule has 96 valence electrons. The fourth-order valence-electron chi connectivity index (χ4n) is 2.62. The van der Waals surface area contributed by atoms with Gasteiger partial charge in [0.15, 0.2) is 0 Å². The van der Waals surface area contributed by atoms with Crippen LogP contribution in [0.4, 0.5) is 4.79 Å². The van der Waals surface area contributed by atoms with Crippen molar-refractivity contribution in [3.05, 3.63) is 0 Å². The average Bonchev–Trinajstić information content (AvgIpc) is 3.09. The minimum atomic E-state index is -0.676. The van der Waals surface area contributed by atoms with E-state index >= 15 is 0 Å². The van der Waals surface area contributed by atoms with Gasteiger partial charge in [-0.15, -0.1) is 0 Å². The molecule has 0 aromatic heterocycles. The van der Waals surface area contributed by atoms with Crippen LogP contribution in [-0.2, 0) is 19.0 Å². The molecule has 2 aliphatic rings. The third-order valence-electron chi connectivity index (χ3n) is 3.72. The molecule has 1 aliphatic carbocycles. The zero-order valence-electron chi connectivity index (χ0n) is 10.0. The van der Waals surface area contributed by atoms with Crippen LogP contribution >= 0.6 is 0 Å². The molecule has 1 saturated carbocycles. The van der Waals surface area contributed by atoms with E-state index in [4.69, 9.17) is 9.47 Å². The Labute approximate surface area is 99.6 Å². The minimum absolute atomic E-state index is 0.292. The second kappa shape index (κ2) is 4.52. The molecule has 0 aromatic carbocycles. The molecule has 2 rings (SSSR count). The summed E-state index contributed by atoms with van der Waals surface area (Å²) in [4.78, 5) is 23.0. The van der Waals surface area contributed by atoms with E-state index in [1.807, 2.05) is 0 Å². The number of hydrogen-bond donors (Lipinski definition) is 1. The maximum atomic E-state index is 11.7. The molecule has 2 fully saturated rings. The number of alkyl carbamates (subject to hydrolysis) is 1. The lowest BCUT2D eigenvalue weighted by atomic mass is 9.92. The van der Waals surface area contributed by atoms with Gasteiger partial charge in [-0.3, -0.25) is 0 Å². The van der Waals surface area contributed by atoms with Gasteiger partial charge in [0, 0.05) is 12.0 Å². The summed E-state index contributed by atoms with van der Waals surface area (Å²) in [7, 11) is 2.58. The standard InChI is InChI=1S/C11H17NO5/c1-15-9(13)8(12-10(14)16-2)11-5-7(11)3-4-17-6-11/h7-8H,3-6H2,1-2H3,(H,12,14)/t7-,8-,11?/m1/s1. The summed E-state index contributed by atoms with van der Waals surface area (Å²) in [6, 6.07) is -0.676. The van der Waals surface area contributed by atoms with Crippen LogP contribution in [0.3, 0.4) is 0 Å². The topological polar surface area (TPSA) is 73.9 Å². The highest BCUT2D eigenvalue weighted by atomic mass is 16.5. The van der Waals surface area contributed by atoms with Crippen molar-refractivity contribution in [1.29, 1.82) is 0 Å². The highest BCUT2D eigenvalue weighted by Gasteiger charge is 2.63. The maximum Gasteiger partial charge on any atom is 0.407 e. The summed E-state index contributed by atoms with van der Waals surface area (Å²) in [5, 5.41) is 2.55. The van der Waals surface area contributed by atoms with Crippen molar-refractivity contribution in [2.75, 3.05) is 27.4 Å². The monoisotopic (exact) mass is 243 g/mol. The summed E-state index contributed by atoms with van der Waals surface area (Å²) in [5.74, 6) is -0.0130. The predicted molar refractivity (Wildman–Crippen MR) is 57.3 cm³/mol. The quantitative estimate of drug-likeness (QED) is 0.722. The third-order valence-corrected chi connectivity index (χ3v) is 3.72. The van der Waals surface area contributed by atoms with E-state index in [2.05, 4.69) is 10.1 Å². The van der Waals surface area contributed by atoms with Crippen molar-refractivity contribution in [3.63, 3.8) is 0 Å². The van der Waals surface area contributed by atoms with E-state index < -0.39 is 18.1 Å². The molecular weight excluding hydrogens is 226 g/mol. The first-order valence-electron chi connectivity index (χ1n) is 5.64. The molecule has 17 heavy (non-hydrogen) atoms. The Bertz CT molecular complexity index is 332. The van der Waals surface area contributed by atoms with E-state index in [1.54, 1.807) is 0 Å². The number of nitrogens with one attached hydrogen (secondary N) is 1. The van der Waals surface area contributed by atoms with Gasteiger partial charge in [-0.05, 0) is 18.8 Å². The molecule has 1 N–H and O–H groups in total. The summed E-state index contributed by atoms with van der Waals surface area (Å²) in [5.41, 5.74) is -0.292. The lowest BCUT2D eigenvalue weighted by molar-refractivity contribution is -0.146. The molecule has 1 heterocycles. The molecule has 1 saturated heterocycles. The van der Waals surface area contributed by atoms with Crippen molar-refractivity contribution < 1.29 is 23.8 Å². The van der Waals surface area contributed by atoms with Gasteiger partial charge in [-0.25, -0.2) is 9.59 Å². The maximum absolute atomic E-state index is 11.7. The fraction of sp³-hybridized carbons (Fsp3) is 0.818. The van der Waals surface area contributed by atoms with E-state index in [9.17, 15) is 9.59 Å². The summed E-state index contributed by atoms with van der Waals surface area (Å²) in [6.07, 6.45) is 1.19. The van der Waals surface area contributed by atoms with Crippen LogP contribution in [-0.4, -0.2) is 45.5 Å². The normalized spacial score (nSPS) is 32.0. The molecule has 6 nitrogen and oxygen atoms in total. The van der Waals surface area contributed by atoms with Gasteiger partial charge in [-0.1, -0.05) is 0 Å². The molecular formula is C11H17NO5. The molecule has 0 aromatic rings. The van der Waals surface area contributed by atoms with Crippen LogP contribution in [0, 0.1) is 11.3 Å². The Morgan fingerprint density at radius 2 is 2.18 bits per heavy atom. The Morgan fingerprint density at radius 3 is 2.76 bits per heavy atom. The molecule has 1 unspecified atom stereocenters. The minimum Gasteiger partial charge on any atom is -0.467 e. The van der Waals surface area contributed by atoms with Gasteiger partial charge in [0.25, 0.3) is 0 Å². The van der Waals surface area contributed by atoms with E-state index in [-0.39, 0.29) is 5.41 Å². The zero-order valence-corrected chi connectivity index (χ0v) is 10.0. The van der Waals surface area contributed by atoms with Gasteiger partial charge in [0.2, 0.25) is 0 Å². The number of amides is 1. The Morgan fingerprint density at radius 1 is 1.41 bits per heavy atom. The first kappa shape index (κ1) is 12.2. The second-order valence-corrected chi connectivity index (χ2v) is 4.57. The number of carbonyl (C=O) groups is 2. The highest BCUT2D eigenvalue weighted by Crippen LogP contribution is 2.59. The predicted octanol–water partition coefficient (Wildman–Crippen LogP) is 0.311. The Hall–Kier alpha value is -1.30. The smallest absolute Gasteiger partial charge is 0.407 e. The largest absolute Gasteiger partial charge is 0.467 e. The first-order chi connectivity index (χ1) is 8.14. The molecule has 6 heteroatoms. The highest BCUT2D eigenvalue weighted by molar-refractivity contribution is 5.82. The SMILES string of the molecule is COC(=O)N[C@H](C(=O)OC)C12COCC[C@@H]1C2. The summed E-state index contributed by atoms with van der Waals surface area (Å²) in [6.45, 7) is 1.21. The van der Waals surface area contributed by atoms with E-state index in [0.717, 1.165) is 19.4 Å². The number of ether oxygens (including phenoxy) is 3. The van der Waals surface area contributed by atoms with Crippen molar-refractivity contribution in [2.24, 2.45) is 11.3 Å². The van der Waals surface area contributed by atoms with Gasteiger partial charge >= 0.3 is 12.1 Å². The average molecular weight is 243 g/mol. The third kappa shape index (κ3) is 2.09. The Kier molecular flexibility index (Phi) is 3.24. The number of rotatable bonds is 3. The van der Waals surface area contributed by atoms with Crippen LogP contribution < -0.4 is 5.32 Å². The van der Waals surface area contributed by atoms with Crippen molar-refractivity contribution in [2.45, 2.75) is 18.9 Å². The number of carbonyl (C=O) groups excluding carboxylic acids is 2. The van der Waals surface area contributed by atoms with E-state index in [1.165, 1.54) is 14.2 Å². The number of methoxy groups -OCH3 is 2. The second-order valence-electron chi connectivity index (χ2n) is 4.57. The van der Waals surface area contributed by atoms with Gasteiger partial charge in [0.05, 0.1) is 20.8 Å². The van der Waals surface area contributed by atoms with Crippen LogP contribution in [0.15, 0.2) is 0 Å². The molecule has 0 bridgehead atoms. The van der Waals surface area contributed by atoms with Gasteiger partial charge in [0.1, 0.15) is 6.04 Å².